The molecule has 0 aliphatic rings. The number of aromatic nitrogens is 1. The molecule has 0 fully saturated rings. The summed E-state index contributed by atoms with van der Waals surface area (Å²) in [5, 5.41) is 12.6. The van der Waals surface area contributed by atoms with E-state index in [1.54, 1.807) is 20.8 Å². The second-order valence-corrected chi connectivity index (χ2v) is 7.05. The zero-order valence-corrected chi connectivity index (χ0v) is 16.8. The van der Waals surface area contributed by atoms with Crippen molar-refractivity contribution in [2.24, 2.45) is 0 Å². The van der Waals surface area contributed by atoms with Crippen molar-refractivity contribution >= 4 is 11.9 Å². The molecule has 1 aromatic heterocycles. The van der Waals surface area contributed by atoms with E-state index in [9.17, 15) is 14.7 Å². The molecule has 27 heavy (non-hydrogen) atoms. The first-order valence-corrected chi connectivity index (χ1v) is 9.02. The summed E-state index contributed by atoms with van der Waals surface area (Å²) in [5.74, 6) is -0.984. The highest BCUT2D eigenvalue weighted by Crippen LogP contribution is 2.24. The summed E-state index contributed by atoms with van der Waals surface area (Å²) in [7, 11) is 0. The third kappa shape index (κ3) is 4.77. The lowest BCUT2D eigenvalue weighted by Crippen LogP contribution is -2.31. The summed E-state index contributed by atoms with van der Waals surface area (Å²) < 4.78 is 5.13. The maximum absolute atomic E-state index is 12.3. The van der Waals surface area contributed by atoms with Gasteiger partial charge in [-0.2, -0.15) is 0 Å². The van der Waals surface area contributed by atoms with Crippen LogP contribution in [0.3, 0.4) is 0 Å². The number of carbonyl (C=O) groups excluding carboxylic acids is 2. The van der Waals surface area contributed by atoms with Gasteiger partial charge in [-0.1, -0.05) is 18.2 Å². The van der Waals surface area contributed by atoms with Crippen molar-refractivity contribution in [3.05, 3.63) is 57.4 Å². The fourth-order valence-electron chi connectivity index (χ4n) is 3.20. The number of hydrogen-bond donors (Lipinski definition) is 3. The van der Waals surface area contributed by atoms with Gasteiger partial charge >= 0.3 is 5.97 Å². The van der Waals surface area contributed by atoms with Crippen LogP contribution in [0.2, 0.25) is 0 Å². The van der Waals surface area contributed by atoms with E-state index in [1.807, 2.05) is 39.0 Å². The second kappa shape index (κ2) is 8.39. The van der Waals surface area contributed by atoms with E-state index < -0.39 is 12.1 Å². The number of amides is 1. The lowest BCUT2D eigenvalue weighted by Gasteiger charge is -2.15. The fraction of sp³-hybridized carbons (Fsp3) is 0.429. The van der Waals surface area contributed by atoms with Crippen molar-refractivity contribution < 1.29 is 19.4 Å². The molecule has 1 heterocycles. The Morgan fingerprint density at radius 2 is 1.81 bits per heavy atom. The van der Waals surface area contributed by atoms with E-state index >= 15 is 0 Å². The first-order valence-electron chi connectivity index (χ1n) is 9.02. The van der Waals surface area contributed by atoms with Crippen molar-refractivity contribution in [1.82, 2.24) is 10.3 Å². The number of carbonyl (C=O) groups is 2. The summed E-state index contributed by atoms with van der Waals surface area (Å²) in [6.07, 6.45) is -0.690. The molecule has 1 amide bonds. The number of rotatable bonds is 6. The van der Waals surface area contributed by atoms with Crippen molar-refractivity contribution in [3.63, 3.8) is 0 Å². The minimum atomic E-state index is -0.690. The van der Waals surface area contributed by atoms with E-state index in [0.29, 0.717) is 16.8 Å². The molecule has 2 rings (SSSR count). The zero-order chi connectivity index (χ0) is 20.3. The Morgan fingerprint density at radius 3 is 2.37 bits per heavy atom. The molecule has 2 atom stereocenters. The molecule has 0 aliphatic heterocycles. The molecule has 1 aromatic carbocycles. The summed E-state index contributed by atoms with van der Waals surface area (Å²) >= 11 is 0. The number of ether oxygens (including phenoxy) is 1. The van der Waals surface area contributed by atoms with Gasteiger partial charge in [-0.05, 0) is 63.8 Å². The number of hydrogen-bond acceptors (Lipinski definition) is 4. The molecule has 146 valence electrons. The van der Waals surface area contributed by atoms with E-state index in [1.165, 1.54) is 5.56 Å². The van der Waals surface area contributed by atoms with Crippen molar-refractivity contribution in [2.45, 2.75) is 53.7 Å². The Hall–Kier alpha value is -2.60. The monoisotopic (exact) mass is 372 g/mol. The molecule has 6 heteroatoms. The van der Waals surface area contributed by atoms with Crippen LogP contribution >= 0.6 is 0 Å². The SMILES string of the molecule is Cc1ccc([C@H](C)NC(=O)COC(=O)c2[nH]c(C)c([C@H](C)O)c2C)cc1C. The molecule has 0 saturated carbocycles. The molecule has 0 unspecified atom stereocenters. The largest absolute Gasteiger partial charge is 0.451 e. The van der Waals surface area contributed by atoms with Crippen LogP contribution in [-0.2, 0) is 9.53 Å². The van der Waals surface area contributed by atoms with Crippen molar-refractivity contribution in [2.75, 3.05) is 6.61 Å². The van der Waals surface area contributed by atoms with Gasteiger partial charge in [0, 0.05) is 11.3 Å². The minimum absolute atomic E-state index is 0.188. The second-order valence-electron chi connectivity index (χ2n) is 7.05. The molecular weight excluding hydrogens is 344 g/mol. The average Bonchev–Trinajstić information content (AvgIpc) is 2.89. The number of aliphatic hydroxyl groups is 1. The lowest BCUT2D eigenvalue weighted by molar-refractivity contribution is -0.124. The molecule has 0 spiro atoms. The van der Waals surface area contributed by atoms with Gasteiger partial charge in [0.2, 0.25) is 0 Å². The minimum Gasteiger partial charge on any atom is -0.451 e. The third-order valence-corrected chi connectivity index (χ3v) is 4.86. The normalized spacial score (nSPS) is 13.1. The summed E-state index contributed by atoms with van der Waals surface area (Å²) in [5.41, 5.74) is 5.63. The molecule has 0 radical (unpaired) electrons. The van der Waals surface area contributed by atoms with Gasteiger partial charge in [0.05, 0.1) is 12.1 Å². The summed E-state index contributed by atoms with van der Waals surface area (Å²) in [6, 6.07) is 5.84. The van der Waals surface area contributed by atoms with Crippen LogP contribution < -0.4 is 5.32 Å². The van der Waals surface area contributed by atoms with E-state index in [4.69, 9.17) is 4.74 Å². The first kappa shape index (κ1) is 20.7. The van der Waals surface area contributed by atoms with E-state index in [2.05, 4.69) is 10.3 Å². The van der Waals surface area contributed by atoms with Gasteiger partial charge in [-0.25, -0.2) is 4.79 Å². The van der Waals surface area contributed by atoms with Gasteiger partial charge in [0.1, 0.15) is 5.69 Å². The summed E-state index contributed by atoms with van der Waals surface area (Å²) in [6.45, 7) is 10.7. The average molecular weight is 372 g/mol. The van der Waals surface area contributed by atoms with E-state index in [0.717, 1.165) is 11.1 Å². The van der Waals surface area contributed by atoms with Gasteiger partial charge in [-0.3, -0.25) is 4.79 Å². The number of aryl methyl sites for hydroxylation is 3. The number of aliphatic hydroxyl groups excluding tert-OH is 1. The van der Waals surface area contributed by atoms with Crippen molar-refractivity contribution in [1.29, 1.82) is 0 Å². The van der Waals surface area contributed by atoms with Crippen LogP contribution in [0.25, 0.3) is 0 Å². The Balaban J connectivity index is 1.96. The summed E-state index contributed by atoms with van der Waals surface area (Å²) in [4.78, 5) is 27.4. The molecule has 0 aliphatic carbocycles. The maximum Gasteiger partial charge on any atom is 0.355 e. The lowest BCUT2D eigenvalue weighted by atomic mass is 10.0. The highest BCUT2D eigenvalue weighted by Gasteiger charge is 2.22. The fourth-order valence-corrected chi connectivity index (χ4v) is 3.20. The van der Waals surface area contributed by atoms with Crippen LogP contribution in [0.5, 0.6) is 0 Å². The van der Waals surface area contributed by atoms with Crippen LogP contribution in [0.4, 0.5) is 0 Å². The standard InChI is InChI=1S/C21H28N2O4/c1-11-7-8-17(9-12(11)2)14(4)22-18(25)10-27-21(26)20-13(3)19(16(6)24)15(5)23-20/h7-9,14,16,23-24H,10H2,1-6H3,(H,22,25)/t14-,16-/m0/s1. The molecule has 0 bridgehead atoms. The van der Waals surface area contributed by atoms with Crippen LogP contribution in [0.15, 0.2) is 18.2 Å². The molecule has 2 aromatic rings. The Bertz CT molecular complexity index is 852. The number of nitrogens with one attached hydrogen (secondary N) is 2. The first-order chi connectivity index (χ1) is 12.6. The molecule has 0 saturated heterocycles. The zero-order valence-electron chi connectivity index (χ0n) is 16.8. The maximum atomic E-state index is 12.3. The Kier molecular flexibility index (Phi) is 6.44. The van der Waals surface area contributed by atoms with Crippen LogP contribution in [0.1, 0.15) is 70.0 Å². The predicted molar refractivity (Wildman–Crippen MR) is 104 cm³/mol. The number of benzene rings is 1. The molecular formula is C21H28N2O4. The van der Waals surface area contributed by atoms with Gasteiger partial charge in [0.15, 0.2) is 6.61 Å². The van der Waals surface area contributed by atoms with Gasteiger partial charge in [-0.15, -0.1) is 0 Å². The number of H-pyrrole nitrogens is 1. The Labute approximate surface area is 159 Å². The van der Waals surface area contributed by atoms with E-state index in [-0.39, 0.29) is 24.2 Å². The quantitative estimate of drug-likeness (QED) is 0.678. The highest BCUT2D eigenvalue weighted by atomic mass is 16.5. The van der Waals surface area contributed by atoms with Crippen LogP contribution in [-0.4, -0.2) is 28.6 Å². The van der Waals surface area contributed by atoms with Crippen molar-refractivity contribution in [3.8, 4) is 0 Å². The van der Waals surface area contributed by atoms with Gasteiger partial charge in [0.25, 0.3) is 5.91 Å². The molecule has 3 N–H and O–H groups in total. The smallest absolute Gasteiger partial charge is 0.355 e. The van der Waals surface area contributed by atoms with Crippen LogP contribution in [0, 0.1) is 27.7 Å². The highest BCUT2D eigenvalue weighted by molar-refractivity contribution is 5.91. The Morgan fingerprint density at radius 1 is 1.15 bits per heavy atom. The number of esters is 1. The van der Waals surface area contributed by atoms with Gasteiger partial charge < -0.3 is 20.1 Å². The number of aromatic amines is 1. The third-order valence-electron chi connectivity index (χ3n) is 4.86. The molecule has 6 nitrogen and oxygen atoms in total. The predicted octanol–water partition coefficient (Wildman–Crippen LogP) is 3.34. The topological polar surface area (TPSA) is 91.4 Å².